The molecule has 1 aliphatic heterocycles. The highest BCUT2D eigenvalue weighted by molar-refractivity contribution is 8.00. The number of nitrogens with one attached hydrogen (secondary N) is 1. The summed E-state index contributed by atoms with van der Waals surface area (Å²) in [5.74, 6) is 2.02. The van der Waals surface area contributed by atoms with Crippen LogP contribution in [0.25, 0.3) is 10.2 Å². The van der Waals surface area contributed by atoms with Crippen LogP contribution >= 0.6 is 23.1 Å². The lowest BCUT2D eigenvalue weighted by Crippen LogP contribution is -2.36. The van der Waals surface area contributed by atoms with Gasteiger partial charge in [-0.3, -0.25) is 9.59 Å². The Morgan fingerprint density at radius 1 is 1.37 bits per heavy atom. The van der Waals surface area contributed by atoms with Gasteiger partial charge in [0.1, 0.15) is 10.7 Å². The van der Waals surface area contributed by atoms with E-state index in [4.69, 9.17) is 4.98 Å². The van der Waals surface area contributed by atoms with Crippen LogP contribution in [0.15, 0.2) is 4.79 Å². The van der Waals surface area contributed by atoms with Crippen molar-refractivity contribution in [2.45, 2.75) is 57.6 Å². The number of thioether (sulfide) groups is 1. The molecule has 0 bridgehead atoms. The van der Waals surface area contributed by atoms with Gasteiger partial charge in [0.05, 0.1) is 16.4 Å². The number of carbonyl (C=O) groups is 1. The first-order chi connectivity index (χ1) is 13.0. The van der Waals surface area contributed by atoms with Crippen molar-refractivity contribution in [3.05, 3.63) is 26.6 Å². The van der Waals surface area contributed by atoms with Crippen molar-refractivity contribution in [3.63, 3.8) is 0 Å². The minimum absolute atomic E-state index is 0.00566. The van der Waals surface area contributed by atoms with Crippen LogP contribution in [0, 0.1) is 5.92 Å². The van der Waals surface area contributed by atoms with Gasteiger partial charge < -0.3 is 9.88 Å². The molecule has 2 aliphatic rings. The minimum atomic E-state index is -0.0168. The van der Waals surface area contributed by atoms with Crippen molar-refractivity contribution >= 4 is 39.2 Å². The van der Waals surface area contributed by atoms with Crippen LogP contribution in [0.5, 0.6) is 0 Å². The molecule has 4 rings (SSSR count). The Kier molecular flexibility index (Phi) is 5.60. The lowest BCUT2D eigenvalue weighted by atomic mass is 9.89. The molecule has 0 spiro atoms. The van der Waals surface area contributed by atoms with E-state index in [9.17, 15) is 9.59 Å². The van der Waals surface area contributed by atoms with E-state index in [-0.39, 0.29) is 16.7 Å². The number of thiophene rings is 1. The maximum Gasteiger partial charge on any atom is 0.259 e. The predicted molar refractivity (Wildman–Crippen MR) is 113 cm³/mol. The number of nitrogens with zero attached hydrogens (tertiary/aromatic N) is 2. The Balaban J connectivity index is 1.50. The van der Waals surface area contributed by atoms with Crippen molar-refractivity contribution < 1.29 is 4.79 Å². The average Bonchev–Trinajstić information content (AvgIpc) is 3.04. The van der Waals surface area contributed by atoms with Crippen LogP contribution in [0.1, 0.15) is 61.0 Å². The molecule has 0 aromatic carbocycles. The molecule has 0 saturated carbocycles. The fourth-order valence-electron chi connectivity index (χ4n) is 4.07. The third-order valence-electron chi connectivity index (χ3n) is 5.73. The van der Waals surface area contributed by atoms with E-state index in [1.807, 2.05) is 11.8 Å². The number of hydrogen-bond donors (Lipinski definition) is 1. The van der Waals surface area contributed by atoms with Crippen molar-refractivity contribution in [3.8, 4) is 0 Å². The standard InChI is InChI=1S/C20H27N3O2S2/c1-12-6-7-14-15(10-12)27-20-17(14)19(25)21-18(22-20)13(2)26-11-16(24)23-8-4-3-5-9-23/h12-13H,3-11H2,1-2H3,(H,21,22,25)/t12-,13+/m0/s1. The Morgan fingerprint density at radius 3 is 2.93 bits per heavy atom. The summed E-state index contributed by atoms with van der Waals surface area (Å²) in [6.45, 7) is 6.06. The van der Waals surface area contributed by atoms with Crippen LogP contribution in [-0.4, -0.2) is 39.6 Å². The van der Waals surface area contributed by atoms with E-state index in [1.54, 1.807) is 23.1 Å². The molecule has 2 aromatic heterocycles. The van der Waals surface area contributed by atoms with Crippen molar-refractivity contribution in [1.82, 2.24) is 14.9 Å². The number of aromatic amines is 1. The summed E-state index contributed by atoms with van der Waals surface area (Å²) in [5.41, 5.74) is 1.20. The average molecular weight is 406 g/mol. The zero-order valence-corrected chi connectivity index (χ0v) is 17.7. The first-order valence-electron chi connectivity index (χ1n) is 9.96. The van der Waals surface area contributed by atoms with Gasteiger partial charge in [-0.25, -0.2) is 4.98 Å². The highest BCUT2D eigenvalue weighted by atomic mass is 32.2. The van der Waals surface area contributed by atoms with Gasteiger partial charge >= 0.3 is 0 Å². The zero-order chi connectivity index (χ0) is 19.0. The lowest BCUT2D eigenvalue weighted by molar-refractivity contribution is -0.129. The molecule has 3 heterocycles. The Labute approximate surface area is 167 Å². The van der Waals surface area contributed by atoms with Crippen LogP contribution in [0.2, 0.25) is 0 Å². The molecule has 1 fully saturated rings. The molecule has 7 heteroatoms. The van der Waals surface area contributed by atoms with Crippen LogP contribution < -0.4 is 5.56 Å². The number of likely N-dealkylation sites (tertiary alicyclic amines) is 1. The lowest BCUT2D eigenvalue weighted by Gasteiger charge is -2.26. The highest BCUT2D eigenvalue weighted by Gasteiger charge is 2.24. The summed E-state index contributed by atoms with van der Waals surface area (Å²) in [4.78, 5) is 37.1. The summed E-state index contributed by atoms with van der Waals surface area (Å²) >= 11 is 3.25. The second kappa shape index (κ2) is 7.95. The second-order valence-corrected chi connectivity index (χ2v) is 10.3. The van der Waals surface area contributed by atoms with E-state index in [0.717, 1.165) is 55.4 Å². The number of hydrogen-bond acceptors (Lipinski definition) is 5. The summed E-state index contributed by atoms with van der Waals surface area (Å²) in [7, 11) is 0. The van der Waals surface area contributed by atoms with Gasteiger partial charge in [-0.2, -0.15) is 0 Å². The molecule has 1 aliphatic carbocycles. The third-order valence-corrected chi connectivity index (χ3v) is 8.02. The van der Waals surface area contributed by atoms with Gasteiger partial charge in [0.2, 0.25) is 5.91 Å². The molecule has 1 amide bonds. The van der Waals surface area contributed by atoms with Crippen molar-refractivity contribution in [1.29, 1.82) is 0 Å². The largest absolute Gasteiger partial charge is 0.342 e. The number of fused-ring (bicyclic) bond motifs is 3. The smallest absolute Gasteiger partial charge is 0.259 e. The van der Waals surface area contributed by atoms with Crippen molar-refractivity contribution in [2.24, 2.45) is 5.92 Å². The third kappa shape index (κ3) is 3.94. The number of piperidine rings is 1. The zero-order valence-electron chi connectivity index (χ0n) is 16.0. The molecular weight excluding hydrogens is 378 g/mol. The molecule has 1 saturated heterocycles. The molecule has 146 valence electrons. The number of aromatic nitrogens is 2. The maximum atomic E-state index is 12.7. The molecule has 2 aromatic rings. The normalized spacial score (nSPS) is 21.3. The number of amides is 1. The summed E-state index contributed by atoms with van der Waals surface area (Å²) in [6, 6.07) is 0. The van der Waals surface area contributed by atoms with Gasteiger partial charge in [-0.15, -0.1) is 23.1 Å². The summed E-state index contributed by atoms with van der Waals surface area (Å²) < 4.78 is 0. The van der Waals surface area contributed by atoms with E-state index in [2.05, 4.69) is 11.9 Å². The van der Waals surface area contributed by atoms with Gasteiger partial charge in [0.25, 0.3) is 5.56 Å². The molecule has 0 unspecified atom stereocenters. The van der Waals surface area contributed by atoms with E-state index < -0.39 is 0 Å². The fraction of sp³-hybridized carbons (Fsp3) is 0.650. The Morgan fingerprint density at radius 2 is 2.15 bits per heavy atom. The maximum absolute atomic E-state index is 12.7. The molecule has 5 nitrogen and oxygen atoms in total. The van der Waals surface area contributed by atoms with E-state index in [1.165, 1.54) is 16.9 Å². The molecule has 27 heavy (non-hydrogen) atoms. The molecule has 2 atom stereocenters. The Bertz CT molecular complexity index is 898. The minimum Gasteiger partial charge on any atom is -0.342 e. The monoisotopic (exact) mass is 405 g/mol. The first kappa shape index (κ1) is 19.0. The van der Waals surface area contributed by atoms with E-state index in [0.29, 0.717) is 17.5 Å². The topological polar surface area (TPSA) is 66.1 Å². The second-order valence-electron chi connectivity index (χ2n) is 7.88. The fourth-order valence-corrected chi connectivity index (χ4v) is 6.30. The van der Waals surface area contributed by atoms with Crippen LogP contribution in [0.4, 0.5) is 0 Å². The summed E-state index contributed by atoms with van der Waals surface area (Å²) in [6.07, 6.45) is 6.63. The predicted octanol–water partition coefficient (Wildman–Crippen LogP) is 3.92. The SMILES string of the molecule is C[C@H]1CCc2c(sc3nc([C@@H](C)SCC(=O)N4CCCCC4)[nH]c(=O)c23)C1. The Hall–Kier alpha value is -1.34. The summed E-state index contributed by atoms with van der Waals surface area (Å²) in [5, 5.41) is 0.793. The number of aryl methyl sites for hydroxylation is 1. The van der Waals surface area contributed by atoms with Crippen LogP contribution in [-0.2, 0) is 17.6 Å². The van der Waals surface area contributed by atoms with E-state index >= 15 is 0 Å². The van der Waals surface area contributed by atoms with Gasteiger partial charge in [0, 0.05) is 18.0 Å². The molecule has 1 N–H and O–H groups in total. The number of H-pyrrole nitrogens is 1. The number of rotatable bonds is 4. The quantitative estimate of drug-likeness (QED) is 0.837. The van der Waals surface area contributed by atoms with Crippen molar-refractivity contribution in [2.75, 3.05) is 18.8 Å². The van der Waals surface area contributed by atoms with Gasteiger partial charge in [-0.05, 0) is 56.9 Å². The van der Waals surface area contributed by atoms with Crippen LogP contribution in [0.3, 0.4) is 0 Å². The molecule has 0 radical (unpaired) electrons. The first-order valence-corrected chi connectivity index (χ1v) is 11.8. The number of carbonyl (C=O) groups excluding carboxylic acids is 1. The van der Waals surface area contributed by atoms with Gasteiger partial charge in [0.15, 0.2) is 0 Å². The molecular formula is C20H27N3O2S2. The highest BCUT2D eigenvalue weighted by Crippen LogP contribution is 2.36. The van der Waals surface area contributed by atoms with Gasteiger partial charge in [-0.1, -0.05) is 6.92 Å².